The molecular formula is C11H14FNO5. The van der Waals surface area contributed by atoms with Crippen molar-refractivity contribution in [1.29, 1.82) is 0 Å². The number of hydrogen-bond donors (Lipinski definition) is 0. The molecule has 18 heavy (non-hydrogen) atoms. The van der Waals surface area contributed by atoms with Crippen molar-refractivity contribution in [1.82, 2.24) is 0 Å². The molecule has 100 valence electrons. The van der Waals surface area contributed by atoms with Crippen molar-refractivity contribution in [3.05, 3.63) is 34.1 Å². The Labute approximate surface area is 103 Å². The first-order chi connectivity index (χ1) is 8.65. The van der Waals surface area contributed by atoms with Crippen LogP contribution in [-0.2, 0) is 9.47 Å². The van der Waals surface area contributed by atoms with Crippen LogP contribution in [0.15, 0.2) is 18.2 Å². The van der Waals surface area contributed by atoms with E-state index in [1.54, 1.807) is 7.11 Å². The molecule has 1 rings (SSSR count). The Morgan fingerprint density at radius 2 is 2.00 bits per heavy atom. The van der Waals surface area contributed by atoms with E-state index in [2.05, 4.69) is 0 Å². The summed E-state index contributed by atoms with van der Waals surface area (Å²) in [4.78, 5) is 10.0. The average Bonchev–Trinajstić information content (AvgIpc) is 2.33. The van der Waals surface area contributed by atoms with Crippen LogP contribution in [0.25, 0.3) is 0 Å². The molecule has 7 heteroatoms. The van der Waals surface area contributed by atoms with Crippen molar-refractivity contribution in [2.45, 2.75) is 0 Å². The second-order valence-electron chi connectivity index (χ2n) is 3.32. The molecule has 0 aliphatic carbocycles. The lowest BCUT2D eigenvalue weighted by Crippen LogP contribution is -2.10. The lowest BCUT2D eigenvalue weighted by atomic mass is 10.3. The van der Waals surface area contributed by atoms with Crippen molar-refractivity contribution in [2.75, 3.05) is 33.5 Å². The fourth-order valence-corrected chi connectivity index (χ4v) is 1.21. The van der Waals surface area contributed by atoms with Crippen molar-refractivity contribution in [2.24, 2.45) is 0 Å². The Bertz CT molecular complexity index is 399. The monoisotopic (exact) mass is 259 g/mol. The summed E-state index contributed by atoms with van der Waals surface area (Å²) in [5, 5.41) is 10.7. The predicted octanol–water partition coefficient (Wildman–Crippen LogP) is 1.78. The van der Waals surface area contributed by atoms with Gasteiger partial charge in [0.05, 0.1) is 24.7 Å². The zero-order valence-electron chi connectivity index (χ0n) is 9.93. The second-order valence-corrected chi connectivity index (χ2v) is 3.32. The van der Waals surface area contributed by atoms with Crippen LogP contribution in [0.5, 0.6) is 5.75 Å². The van der Waals surface area contributed by atoms with Crippen LogP contribution in [-0.4, -0.2) is 38.5 Å². The summed E-state index contributed by atoms with van der Waals surface area (Å²) in [7, 11) is 1.55. The molecule has 0 saturated heterocycles. The van der Waals surface area contributed by atoms with Crippen LogP contribution >= 0.6 is 0 Å². The molecule has 0 fully saturated rings. The zero-order valence-corrected chi connectivity index (χ0v) is 9.93. The highest BCUT2D eigenvalue weighted by Crippen LogP contribution is 2.27. The molecule has 0 radical (unpaired) electrons. The van der Waals surface area contributed by atoms with Gasteiger partial charge in [0.1, 0.15) is 12.4 Å². The second kappa shape index (κ2) is 7.57. The largest absolute Gasteiger partial charge is 0.484 e. The van der Waals surface area contributed by atoms with E-state index in [0.29, 0.717) is 13.2 Å². The molecule has 0 bridgehead atoms. The summed E-state index contributed by atoms with van der Waals surface area (Å²) in [5.74, 6) is -0.689. The number of rotatable bonds is 8. The average molecular weight is 259 g/mol. The Kier molecular flexibility index (Phi) is 6.03. The topological polar surface area (TPSA) is 70.8 Å². The van der Waals surface area contributed by atoms with Crippen LogP contribution in [0.4, 0.5) is 10.1 Å². The van der Waals surface area contributed by atoms with Gasteiger partial charge in [-0.25, -0.2) is 4.39 Å². The quantitative estimate of drug-likeness (QED) is 0.404. The first-order valence-corrected chi connectivity index (χ1v) is 5.28. The van der Waals surface area contributed by atoms with E-state index < -0.39 is 10.7 Å². The van der Waals surface area contributed by atoms with Gasteiger partial charge >= 0.3 is 5.69 Å². The lowest BCUT2D eigenvalue weighted by Gasteiger charge is -2.07. The summed E-state index contributed by atoms with van der Waals surface area (Å²) < 4.78 is 27.9. The third-order valence-corrected chi connectivity index (χ3v) is 2.04. The van der Waals surface area contributed by atoms with Crippen molar-refractivity contribution < 1.29 is 23.5 Å². The molecule has 0 unspecified atom stereocenters. The van der Waals surface area contributed by atoms with Crippen molar-refractivity contribution in [3.8, 4) is 5.75 Å². The highest BCUT2D eigenvalue weighted by Gasteiger charge is 2.15. The minimum Gasteiger partial charge on any atom is -0.484 e. The van der Waals surface area contributed by atoms with Gasteiger partial charge in [-0.15, -0.1) is 0 Å². The first-order valence-electron chi connectivity index (χ1n) is 5.28. The van der Waals surface area contributed by atoms with Crippen molar-refractivity contribution in [3.63, 3.8) is 0 Å². The van der Waals surface area contributed by atoms with Gasteiger partial charge in [-0.2, -0.15) is 0 Å². The molecule has 0 aliphatic rings. The van der Waals surface area contributed by atoms with E-state index in [9.17, 15) is 14.5 Å². The predicted molar refractivity (Wildman–Crippen MR) is 61.2 cm³/mol. The fraction of sp³-hybridized carbons (Fsp3) is 0.455. The summed E-state index contributed by atoms with van der Waals surface area (Å²) in [6, 6.07) is 3.06. The summed E-state index contributed by atoms with van der Waals surface area (Å²) in [5.41, 5.74) is -0.270. The van der Waals surface area contributed by atoms with Gasteiger partial charge in [-0.1, -0.05) is 0 Å². The van der Waals surface area contributed by atoms with Gasteiger partial charge in [0.15, 0.2) is 5.75 Å². The molecule has 0 atom stereocenters. The number of nitro groups is 1. The third kappa shape index (κ3) is 4.64. The number of halogens is 1. The summed E-state index contributed by atoms with van der Waals surface area (Å²) in [6.45, 7) is 1.22. The van der Waals surface area contributed by atoms with Gasteiger partial charge < -0.3 is 14.2 Å². The molecule has 0 spiro atoms. The van der Waals surface area contributed by atoms with Crippen molar-refractivity contribution >= 4 is 5.69 Å². The van der Waals surface area contributed by atoms with Gasteiger partial charge in [0.2, 0.25) is 0 Å². The normalized spacial score (nSPS) is 10.3. The van der Waals surface area contributed by atoms with E-state index in [0.717, 1.165) is 18.2 Å². The van der Waals surface area contributed by atoms with E-state index >= 15 is 0 Å². The molecule has 0 N–H and O–H groups in total. The van der Waals surface area contributed by atoms with Gasteiger partial charge in [0.25, 0.3) is 0 Å². The van der Waals surface area contributed by atoms with Gasteiger partial charge in [-0.05, 0) is 6.07 Å². The number of methoxy groups -OCH3 is 1. The molecule has 6 nitrogen and oxygen atoms in total. The minimum atomic E-state index is -0.624. The maximum Gasteiger partial charge on any atom is 0.311 e. The molecule has 0 aromatic heterocycles. The standard InChI is InChI=1S/C11H14FNO5/c1-16-4-5-17-6-7-18-11-8-9(12)2-3-10(11)13(14)15/h2-3,8H,4-7H2,1H3. The third-order valence-electron chi connectivity index (χ3n) is 2.04. The zero-order chi connectivity index (χ0) is 13.4. The number of nitro benzene ring substituents is 1. The Morgan fingerprint density at radius 3 is 2.67 bits per heavy atom. The van der Waals surface area contributed by atoms with Gasteiger partial charge in [-0.3, -0.25) is 10.1 Å². The molecule has 1 aromatic carbocycles. The number of ether oxygens (including phenoxy) is 3. The summed E-state index contributed by atoms with van der Waals surface area (Å²) in [6.07, 6.45) is 0. The van der Waals surface area contributed by atoms with Crippen LogP contribution in [0, 0.1) is 15.9 Å². The SMILES string of the molecule is COCCOCCOc1cc(F)ccc1[N+](=O)[O-]. The molecule has 0 aliphatic heterocycles. The molecular weight excluding hydrogens is 245 g/mol. The molecule has 0 heterocycles. The maximum absolute atomic E-state index is 12.9. The highest BCUT2D eigenvalue weighted by molar-refractivity contribution is 5.46. The van der Waals surface area contributed by atoms with E-state index in [1.165, 1.54) is 0 Å². The maximum atomic E-state index is 12.9. The molecule has 1 aromatic rings. The smallest absolute Gasteiger partial charge is 0.311 e. The Balaban J connectivity index is 2.45. The number of hydrogen-bond acceptors (Lipinski definition) is 5. The van der Waals surface area contributed by atoms with E-state index in [-0.39, 0.29) is 24.7 Å². The fourth-order valence-electron chi connectivity index (χ4n) is 1.21. The Morgan fingerprint density at radius 1 is 1.28 bits per heavy atom. The lowest BCUT2D eigenvalue weighted by molar-refractivity contribution is -0.385. The number of benzene rings is 1. The number of nitrogens with zero attached hydrogens (tertiary/aromatic N) is 1. The highest BCUT2D eigenvalue weighted by atomic mass is 19.1. The van der Waals surface area contributed by atoms with Gasteiger partial charge in [0, 0.05) is 19.2 Å². The summed E-state index contributed by atoms with van der Waals surface area (Å²) >= 11 is 0. The van der Waals surface area contributed by atoms with E-state index in [1.807, 2.05) is 0 Å². The molecule has 0 amide bonds. The molecule has 0 saturated carbocycles. The van der Waals surface area contributed by atoms with E-state index in [4.69, 9.17) is 14.2 Å². The minimum absolute atomic E-state index is 0.102. The Hall–Kier alpha value is -1.73. The van der Waals surface area contributed by atoms with Crippen LogP contribution in [0.3, 0.4) is 0 Å². The first kappa shape index (κ1) is 14.3. The van der Waals surface area contributed by atoms with Crippen LogP contribution < -0.4 is 4.74 Å². The van der Waals surface area contributed by atoms with Crippen LogP contribution in [0.1, 0.15) is 0 Å². The van der Waals surface area contributed by atoms with Crippen LogP contribution in [0.2, 0.25) is 0 Å².